The van der Waals surface area contributed by atoms with E-state index in [4.69, 9.17) is 9.47 Å². The molecule has 1 aliphatic carbocycles. The molecule has 2 N–H and O–H groups in total. The van der Waals surface area contributed by atoms with E-state index in [9.17, 15) is 0 Å². The average molecular weight is 475 g/mol. The van der Waals surface area contributed by atoms with Gasteiger partial charge < -0.3 is 20.1 Å². The van der Waals surface area contributed by atoms with Gasteiger partial charge in [-0.2, -0.15) is 0 Å². The van der Waals surface area contributed by atoms with Crippen molar-refractivity contribution in [1.82, 2.24) is 10.6 Å². The smallest absolute Gasteiger partial charge is 0.190 e. The number of ether oxygens (including phenoxy) is 2. The minimum Gasteiger partial charge on any atom is -0.497 e. The highest BCUT2D eigenvalue weighted by Crippen LogP contribution is 2.20. The number of hydrogen-bond donors (Lipinski definition) is 2. The third kappa shape index (κ3) is 9.07. The predicted octanol–water partition coefficient (Wildman–Crippen LogP) is 3.76. The van der Waals surface area contributed by atoms with Crippen LogP contribution in [0.5, 0.6) is 5.75 Å². The van der Waals surface area contributed by atoms with Crippen molar-refractivity contribution in [3.63, 3.8) is 0 Å². The summed E-state index contributed by atoms with van der Waals surface area (Å²) in [7, 11) is 3.50. The zero-order valence-corrected chi connectivity index (χ0v) is 18.5. The highest BCUT2D eigenvalue weighted by Gasteiger charge is 2.12. The fourth-order valence-corrected chi connectivity index (χ4v) is 3.13. The van der Waals surface area contributed by atoms with Crippen LogP contribution in [0.4, 0.5) is 0 Å². The van der Waals surface area contributed by atoms with Crippen LogP contribution in [0.1, 0.15) is 44.1 Å². The second-order valence-electron chi connectivity index (χ2n) is 6.51. The first-order valence-corrected chi connectivity index (χ1v) is 9.51. The molecular formula is C20H34IN3O2. The summed E-state index contributed by atoms with van der Waals surface area (Å²) in [6, 6.07) is 8.17. The zero-order chi connectivity index (χ0) is 17.7. The van der Waals surface area contributed by atoms with Crippen molar-refractivity contribution in [3.8, 4) is 5.75 Å². The Balaban J connectivity index is 0.00000338. The van der Waals surface area contributed by atoms with Crippen molar-refractivity contribution in [2.24, 2.45) is 4.99 Å². The van der Waals surface area contributed by atoms with E-state index in [1.165, 1.54) is 37.7 Å². The van der Waals surface area contributed by atoms with E-state index in [1.807, 2.05) is 12.1 Å². The average Bonchev–Trinajstić information content (AvgIpc) is 2.67. The normalized spacial score (nSPS) is 15.2. The fraction of sp³-hybridized carbons (Fsp3) is 0.650. The molecule has 6 heteroatoms. The molecule has 0 aliphatic heterocycles. The molecule has 0 unspecified atom stereocenters. The van der Waals surface area contributed by atoms with Gasteiger partial charge in [0.25, 0.3) is 0 Å². The van der Waals surface area contributed by atoms with Gasteiger partial charge in [0.05, 0.1) is 13.2 Å². The molecule has 0 saturated heterocycles. The summed E-state index contributed by atoms with van der Waals surface area (Å²) in [5, 5.41) is 6.70. The standard InChI is InChI=1S/C20H33N3O2.HI/c1-21-20(22-13-7-15-25-18-9-4-3-5-10-18)23-14-12-17-8-6-11-19(16-17)24-2;/h6,8,11,16,18H,3-5,7,9-10,12-15H2,1-2H3,(H2,21,22,23);1H. The lowest BCUT2D eigenvalue weighted by atomic mass is 9.98. The first-order valence-electron chi connectivity index (χ1n) is 9.51. The van der Waals surface area contributed by atoms with Crippen LogP contribution in [-0.4, -0.2) is 45.9 Å². The Labute approximate surface area is 175 Å². The Morgan fingerprint density at radius 1 is 1.15 bits per heavy atom. The monoisotopic (exact) mass is 475 g/mol. The van der Waals surface area contributed by atoms with Crippen molar-refractivity contribution in [2.75, 3.05) is 33.9 Å². The number of hydrogen-bond acceptors (Lipinski definition) is 3. The summed E-state index contributed by atoms with van der Waals surface area (Å²) >= 11 is 0. The Hall–Kier alpha value is -1.02. The first-order chi connectivity index (χ1) is 12.3. The number of benzene rings is 1. The molecule has 1 aliphatic rings. The lowest BCUT2D eigenvalue weighted by Crippen LogP contribution is -2.39. The predicted molar refractivity (Wildman–Crippen MR) is 119 cm³/mol. The van der Waals surface area contributed by atoms with Crippen molar-refractivity contribution in [2.45, 2.75) is 51.0 Å². The molecule has 148 valence electrons. The molecule has 1 fully saturated rings. The summed E-state index contributed by atoms with van der Waals surface area (Å²) in [6.07, 6.45) is 8.94. The number of aliphatic imine (C=N–C) groups is 1. The Morgan fingerprint density at radius 2 is 1.92 bits per heavy atom. The second-order valence-corrected chi connectivity index (χ2v) is 6.51. The Morgan fingerprint density at radius 3 is 2.65 bits per heavy atom. The van der Waals surface area contributed by atoms with Gasteiger partial charge in [-0.05, 0) is 43.4 Å². The van der Waals surface area contributed by atoms with E-state index < -0.39 is 0 Å². The number of methoxy groups -OCH3 is 1. The number of nitrogens with zero attached hydrogens (tertiary/aromatic N) is 1. The number of halogens is 1. The van der Waals surface area contributed by atoms with Crippen LogP contribution in [-0.2, 0) is 11.2 Å². The van der Waals surface area contributed by atoms with Gasteiger partial charge >= 0.3 is 0 Å². The van der Waals surface area contributed by atoms with Crippen LogP contribution in [0.25, 0.3) is 0 Å². The van der Waals surface area contributed by atoms with Crippen LogP contribution < -0.4 is 15.4 Å². The molecule has 0 radical (unpaired) electrons. The van der Waals surface area contributed by atoms with Gasteiger partial charge in [-0.15, -0.1) is 24.0 Å². The van der Waals surface area contributed by atoms with Crippen LogP contribution >= 0.6 is 24.0 Å². The van der Waals surface area contributed by atoms with E-state index in [-0.39, 0.29) is 24.0 Å². The highest BCUT2D eigenvalue weighted by molar-refractivity contribution is 14.0. The van der Waals surface area contributed by atoms with Gasteiger partial charge in [0.15, 0.2) is 5.96 Å². The highest BCUT2D eigenvalue weighted by atomic mass is 127. The molecule has 0 amide bonds. The Bertz CT molecular complexity index is 520. The largest absolute Gasteiger partial charge is 0.497 e. The molecule has 2 rings (SSSR count). The SMILES string of the molecule is CN=C(NCCCOC1CCCCC1)NCCc1cccc(OC)c1.I. The van der Waals surface area contributed by atoms with E-state index in [2.05, 4.69) is 27.8 Å². The zero-order valence-electron chi connectivity index (χ0n) is 16.1. The van der Waals surface area contributed by atoms with E-state index in [1.54, 1.807) is 14.2 Å². The third-order valence-corrected chi connectivity index (χ3v) is 4.58. The van der Waals surface area contributed by atoms with Crippen molar-refractivity contribution >= 4 is 29.9 Å². The number of rotatable bonds is 9. The maximum absolute atomic E-state index is 5.95. The van der Waals surface area contributed by atoms with E-state index >= 15 is 0 Å². The molecule has 1 saturated carbocycles. The summed E-state index contributed by atoms with van der Waals surface area (Å²) in [6.45, 7) is 2.55. The molecule has 0 atom stereocenters. The topological polar surface area (TPSA) is 54.9 Å². The summed E-state index contributed by atoms with van der Waals surface area (Å²) in [5.74, 6) is 1.75. The van der Waals surface area contributed by atoms with E-state index in [0.717, 1.165) is 44.2 Å². The van der Waals surface area contributed by atoms with Gasteiger partial charge in [0.1, 0.15) is 5.75 Å². The van der Waals surface area contributed by atoms with Gasteiger partial charge in [0.2, 0.25) is 0 Å². The molecule has 5 nitrogen and oxygen atoms in total. The molecule has 0 bridgehead atoms. The van der Waals surface area contributed by atoms with Crippen LogP contribution in [0.3, 0.4) is 0 Å². The van der Waals surface area contributed by atoms with Crippen LogP contribution in [0.2, 0.25) is 0 Å². The van der Waals surface area contributed by atoms with Crippen LogP contribution in [0.15, 0.2) is 29.3 Å². The Kier molecular flexibility index (Phi) is 12.5. The van der Waals surface area contributed by atoms with Gasteiger partial charge in [0, 0.05) is 26.7 Å². The minimum atomic E-state index is 0. The maximum Gasteiger partial charge on any atom is 0.190 e. The third-order valence-electron chi connectivity index (χ3n) is 4.58. The van der Waals surface area contributed by atoms with Crippen LogP contribution in [0, 0.1) is 0 Å². The van der Waals surface area contributed by atoms with Crippen molar-refractivity contribution in [3.05, 3.63) is 29.8 Å². The van der Waals surface area contributed by atoms with Gasteiger partial charge in [-0.3, -0.25) is 4.99 Å². The molecule has 0 spiro atoms. The maximum atomic E-state index is 5.95. The van der Waals surface area contributed by atoms with E-state index in [0.29, 0.717) is 6.10 Å². The first kappa shape index (κ1) is 23.0. The molecule has 26 heavy (non-hydrogen) atoms. The minimum absolute atomic E-state index is 0. The molecular weight excluding hydrogens is 441 g/mol. The summed E-state index contributed by atoms with van der Waals surface area (Å²) in [5.41, 5.74) is 1.25. The molecule has 1 aromatic rings. The lowest BCUT2D eigenvalue weighted by molar-refractivity contribution is 0.0277. The lowest BCUT2D eigenvalue weighted by Gasteiger charge is -2.22. The summed E-state index contributed by atoms with van der Waals surface area (Å²) in [4.78, 5) is 4.27. The van der Waals surface area contributed by atoms with Crippen molar-refractivity contribution in [1.29, 1.82) is 0 Å². The number of guanidine groups is 1. The van der Waals surface area contributed by atoms with Gasteiger partial charge in [-0.25, -0.2) is 0 Å². The van der Waals surface area contributed by atoms with Gasteiger partial charge in [-0.1, -0.05) is 31.4 Å². The summed E-state index contributed by atoms with van der Waals surface area (Å²) < 4.78 is 11.2. The molecule has 0 aromatic heterocycles. The second kappa shape index (κ2) is 14.1. The molecule has 0 heterocycles. The molecule has 1 aromatic carbocycles. The number of nitrogens with one attached hydrogen (secondary N) is 2. The fourth-order valence-electron chi connectivity index (χ4n) is 3.13. The van der Waals surface area contributed by atoms with Crippen molar-refractivity contribution < 1.29 is 9.47 Å². The quantitative estimate of drug-likeness (QED) is 0.247.